The van der Waals surface area contributed by atoms with Crippen molar-refractivity contribution in [2.24, 2.45) is 0 Å². The van der Waals surface area contributed by atoms with E-state index in [-0.39, 0.29) is 5.24 Å². The van der Waals surface area contributed by atoms with Crippen molar-refractivity contribution in [2.45, 2.75) is 13.8 Å². The fraction of sp³-hybridized carbons (Fsp3) is 0.167. The summed E-state index contributed by atoms with van der Waals surface area (Å²) in [5.74, 6) is 0.973. The van der Waals surface area contributed by atoms with Gasteiger partial charge in [-0.15, -0.1) is 0 Å². The Morgan fingerprint density at radius 1 is 1.00 bits per heavy atom. The van der Waals surface area contributed by atoms with E-state index in [0.29, 0.717) is 34.6 Å². The zero-order valence-corrected chi connectivity index (χ0v) is 18.6. The van der Waals surface area contributed by atoms with Gasteiger partial charge in [0.25, 0.3) is 11.1 Å². The second kappa shape index (κ2) is 9.04. The van der Waals surface area contributed by atoms with Gasteiger partial charge < -0.3 is 9.47 Å². The third-order valence-electron chi connectivity index (χ3n) is 4.74. The second-order valence-corrected chi connectivity index (χ2v) is 8.15. The van der Waals surface area contributed by atoms with Crippen LogP contribution in [0.3, 0.4) is 0 Å². The summed E-state index contributed by atoms with van der Waals surface area (Å²) in [5.41, 5.74) is 1.18. The van der Waals surface area contributed by atoms with Crippen molar-refractivity contribution >= 4 is 57.0 Å². The van der Waals surface area contributed by atoms with Crippen molar-refractivity contribution in [3.63, 3.8) is 0 Å². The SMILES string of the molecule is CCOc1ccc2ccc(OCC)c(C=C3SC(=O)N(c4cccc(Cl)c4)C3=O)c2c1. The Labute approximate surface area is 189 Å². The summed E-state index contributed by atoms with van der Waals surface area (Å²) in [7, 11) is 0. The van der Waals surface area contributed by atoms with Crippen molar-refractivity contribution in [2.75, 3.05) is 18.1 Å². The molecule has 1 heterocycles. The first kappa shape index (κ1) is 21.3. The topological polar surface area (TPSA) is 55.8 Å². The molecule has 0 bridgehead atoms. The van der Waals surface area contributed by atoms with Crippen LogP contribution >= 0.6 is 23.4 Å². The number of imide groups is 1. The van der Waals surface area contributed by atoms with Gasteiger partial charge >= 0.3 is 0 Å². The number of ether oxygens (including phenoxy) is 2. The van der Waals surface area contributed by atoms with Crippen LogP contribution in [0.5, 0.6) is 11.5 Å². The molecule has 1 aliphatic heterocycles. The molecule has 0 radical (unpaired) electrons. The lowest BCUT2D eigenvalue weighted by molar-refractivity contribution is -0.113. The summed E-state index contributed by atoms with van der Waals surface area (Å²) in [4.78, 5) is 27.2. The standard InChI is InChI=1S/C24H20ClNO4S/c1-3-29-18-10-8-15-9-11-21(30-4-2)20(19(15)13-18)14-22-23(27)26(24(28)31-22)17-7-5-6-16(25)12-17/h5-14H,3-4H2,1-2H3. The molecule has 3 aromatic rings. The summed E-state index contributed by atoms with van der Waals surface area (Å²) >= 11 is 6.94. The van der Waals surface area contributed by atoms with Crippen LogP contribution in [-0.2, 0) is 4.79 Å². The maximum atomic E-state index is 13.1. The first-order valence-corrected chi connectivity index (χ1v) is 11.1. The molecule has 7 heteroatoms. The van der Waals surface area contributed by atoms with Crippen LogP contribution < -0.4 is 14.4 Å². The molecule has 1 aliphatic rings. The third kappa shape index (κ3) is 4.27. The van der Waals surface area contributed by atoms with Gasteiger partial charge in [0, 0.05) is 10.6 Å². The maximum Gasteiger partial charge on any atom is 0.298 e. The van der Waals surface area contributed by atoms with Crippen molar-refractivity contribution in [3.8, 4) is 11.5 Å². The quantitative estimate of drug-likeness (QED) is 0.397. The van der Waals surface area contributed by atoms with Crippen LogP contribution in [0.25, 0.3) is 16.8 Å². The Morgan fingerprint density at radius 2 is 1.77 bits per heavy atom. The molecule has 1 saturated heterocycles. The molecule has 4 rings (SSSR count). The number of benzene rings is 3. The zero-order chi connectivity index (χ0) is 22.0. The van der Waals surface area contributed by atoms with Crippen LogP contribution in [0.1, 0.15) is 19.4 Å². The molecule has 0 unspecified atom stereocenters. The van der Waals surface area contributed by atoms with E-state index in [4.69, 9.17) is 21.1 Å². The molecule has 0 atom stereocenters. The average Bonchev–Trinajstić information content (AvgIpc) is 3.03. The van der Waals surface area contributed by atoms with E-state index in [1.54, 1.807) is 30.3 Å². The van der Waals surface area contributed by atoms with Gasteiger partial charge in [-0.25, -0.2) is 4.90 Å². The van der Waals surface area contributed by atoms with Gasteiger partial charge in [-0.1, -0.05) is 29.8 Å². The predicted octanol–water partition coefficient (Wildman–Crippen LogP) is 6.53. The molecule has 5 nitrogen and oxygen atoms in total. The van der Waals surface area contributed by atoms with Gasteiger partial charge in [-0.3, -0.25) is 9.59 Å². The van der Waals surface area contributed by atoms with Gasteiger partial charge in [-0.2, -0.15) is 0 Å². The minimum Gasteiger partial charge on any atom is -0.494 e. The highest BCUT2D eigenvalue weighted by molar-refractivity contribution is 8.19. The minimum atomic E-state index is -0.391. The van der Waals surface area contributed by atoms with E-state index in [9.17, 15) is 9.59 Å². The Hall–Kier alpha value is -2.96. The molecular formula is C24H20ClNO4S. The van der Waals surface area contributed by atoms with E-state index in [2.05, 4.69) is 0 Å². The molecule has 158 valence electrons. The highest BCUT2D eigenvalue weighted by atomic mass is 35.5. The number of carbonyl (C=O) groups is 2. The molecular weight excluding hydrogens is 434 g/mol. The lowest BCUT2D eigenvalue weighted by Gasteiger charge is -2.13. The van der Waals surface area contributed by atoms with Gasteiger partial charge in [0.1, 0.15) is 11.5 Å². The first-order valence-electron chi connectivity index (χ1n) is 9.87. The molecule has 0 N–H and O–H groups in total. The number of thioether (sulfide) groups is 1. The number of hydrogen-bond acceptors (Lipinski definition) is 5. The Kier molecular flexibility index (Phi) is 6.20. The highest BCUT2D eigenvalue weighted by Gasteiger charge is 2.36. The minimum absolute atomic E-state index is 0.320. The molecule has 0 saturated carbocycles. The fourth-order valence-electron chi connectivity index (χ4n) is 3.43. The predicted molar refractivity (Wildman–Crippen MR) is 126 cm³/mol. The molecule has 0 spiro atoms. The number of nitrogens with zero attached hydrogens (tertiary/aromatic N) is 1. The van der Waals surface area contributed by atoms with E-state index >= 15 is 0 Å². The second-order valence-electron chi connectivity index (χ2n) is 6.72. The van der Waals surface area contributed by atoms with Crippen LogP contribution in [0.2, 0.25) is 5.02 Å². The Balaban J connectivity index is 1.82. The third-order valence-corrected chi connectivity index (χ3v) is 5.85. The van der Waals surface area contributed by atoms with Gasteiger partial charge in [0.05, 0.1) is 23.8 Å². The van der Waals surface area contributed by atoms with Crippen LogP contribution in [0.15, 0.2) is 59.5 Å². The summed E-state index contributed by atoms with van der Waals surface area (Å²) in [6.07, 6.45) is 1.72. The average molecular weight is 454 g/mol. The fourth-order valence-corrected chi connectivity index (χ4v) is 4.43. The summed E-state index contributed by atoms with van der Waals surface area (Å²) < 4.78 is 11.5. The van der Waals surface area contributed by atoms with Crippen molar-refractivity contribution < 1.29 is 19.1 Å². The van der Waals surface area contributed by atoms with Crippen molar-refractivity contribution in [3.05, 3.63) is 70.1 Å². The number of anilines is 1. The molecule has 31 heavy (non-hydrogen) atoms. The molecule has 2 amide bonds. The smallest absolute Gasteiger partial charge is 0.298 e. The lowest BCUT2D eigenvalue weighted by atomic mass is 10.0. The molecule has 3 aromatic carbocycles. The number of halogens is 1. The van der Waals surface area contributed by atoms with Crippen LogP contribution in [0, 0.1) is 0 Å². The molecule has 0 aromatic heterocycles. The number of rotatable bonds is 6. The normalized spacial score (nSPS) is 15.2. The Morgan fingerprint density at radius 3 is 2.52 bits per heavy atom. The van der Waals surface area contributed by atoms with Crippen LogP contribution in [0.4, 0.5) is 10.5 Å². The summed E-state index contributed by atoms with van der Waals surface area (Å²) in [6.45, 7) is 4.84. The zero-order valence-electron chi connectivity index (χ0n) is 17.1. The Bertz CT molecular complexity index is 1200. The van der Waals surface area contributed by atoms with Crippen molar-refractivity contribution in [1.82, 2.24) is 0 Å². The van der Waals surface area contributed by atoms with E-state index < -0.39 is 5.91 Å². The highest BCUT2D eigenvalue weighted by Crippen LogP contribution is 2.39. The molecule has 0 aliphatic carbocycles. The summed E-state index contributed by atoms with van der Waals surface area (Å²) in [6, 6.07) is 16.3. The molecule has 1 fully saturated rings. The van der Waals surface area contributed by atoms with Gasteiger partial charge in [-0.05, 0) is 78.9 Å². The van der Waals surface area contributed by atoms with Gasteiger partial charge in [0.2, 0.25) is 0 Å². The van der Waals surface area contributed by atoms with Crippen LogP contribution in [-0.4, -0.2) is 24.4 Å². The van der Waals surface area contributed by atoms with Gasteiger partial charge in [0.15, 0.2) is 0 Å². The van der Waals surface area contributed by atoms with Crippen molar-refractivity contribution in [1.29, 1.82) is 0 Å². The van der Waals surface area contributed by atoms with E-state index in [1.165, 1.54) is 0 Å². The number of hydrogen-bond donors (Lipinski definition) is 0. The first-order chi connectivity index (χ1) is 15.0. The number of fused-ring (bicyclic) bond motifs is 1. The van der Waals surface area contributed by atoms with E-state index in [1.807, 2.05) is 44.2 Å². The lowest BCUT2D eigenvalue weighted by Crippen LogP contribution is -2.27. The number of amides is 2. The number of carbonyl (C=O) groups excluding carboxylic acids is 2. The maximum absolute atomic E-state index is 13.1. The largest absolute Gasteiger partial charge is 0.494 e. The van der Waals surface area contributed by atoms with E-state index in [0.717, 1.165) is 38.7 Å². The summed E-state index contributed by atoms with van der Waals surface area (Å²) in [5, 5.41) is 1.95. The monoisotopic (exact) mass is 453 g/mol.